The van der Waals surface area contributed by atoms with Gasteiger partial charge in [-0.1, -0.05) is 20.8 Å². The lowest BCUT2D eigenvalue weighted by atomic mass is 9.97. The molecule has 3 atom stereocenters. The van der Waals surface area contributed by atoms with E-state index < -0.39 is 0 Å². The summed E-state index contributed by atoms with van der Waals surface area (Å²) in [5.74, 6) is 0.977. The van der Waals surface area contributed by atoms with E-state index in [0.717, 1.165) is 19.5 Å². The summed E-state index contributed by atoms with van der Waals surface area (Å²) >= 11 is 0. The third-order valence-corrected chi connectivity index (χ3v) is 3.57. The van der Waals surface area contributed by atoms with Crippen molar-refractivity contribution in [2.45, 2.75) is 46.3 Å². The van der Waals surface area contributed by atoms with Crippen LogP contribution in [0.25, 0.3) is 0 Å². The Labute approximate surface area is 104 Å². The van der Waals surface area contributed by atoms with Gasteiger partial charge in [-0.25, -0.2) is 0 Å². The topological polar surface area (TPSA) is 50.4 Å². The molecule has 1 aliphatic rings. The van der Waals surface area contributed by atoms with Gasteiger partial charge in [-0.05, 0) is 31.7 Å². The first kappa shape index (κ1) is 14.5. The van der Waals surface area contributed by atoms with Crippen LogP contribution in [-0.4, -0.2) is 37.7 Å². The second kappa shape index (κ2) is 6.97. The van der Waals surface area contributed by atoms with Gasteiger partial charge in [-0.15, -0.1) is 0 Å². The van der Waals surface area contributed by atoms with Gasteiger partial charge >= 0.3 is 0 Å². The van der Waals surface area contributed by atoms with Gasteiger partial charge in [-0.2, -0.15) is 0 Å². The molecule has 0 aromatic carbocycles. The minimum atomic E-state index is -0.0102. The minimum Gasteiger partial charge on any atom is -0.367 e. The van der Waals surface area contributed by atoms with Crippen LogP contribution >= 0.6 is 0 Å². The van der Waals surface area contributed by atoms with Crippen molar-refractivity contribution in [1.29, 1.82) is 0 Å². The van der Waals surface area contributed by atoms with Crippen molar-refractivity contribution in [1.82, 2.24) is 10.6 Å². The van der Waals surface area contributed by atoms with Crippen LogP contribution in [0.4, 0.5) is 0 Å². The Bertz CT molecular complexity index is 244. The van der Waals surface area contributed by atoms with E-state index in [-0.39, 0.29) is 24.7 Å². The van der Waals surface area contributed by atoms with Crippen LogP contribution in [0, 0.1) is 11.8 Å². The fourth-order valence-electron chi connectivity index (χ4n) is 1.83. The highest BCUT2D eigenvalue weighted by atomic mass is 16.5. The van der Waals surface area contributed by atoms with E-state index in [9.17, 15) is 4.79 Å². The average molecular weight is 242 g/mol. The standard InChI is InChI=1S/C13H26N2O2/c1-9(2)11(4)15-13(16)8-17-12-7-14-6-5-10(12)3/h9-12,14H,5-8H2,1-4H3,(H,15,16). The first-order valence-electron chi connectivity index (χ1n) is 6.62. The van der Waals surface area contributed by atoms with E-state index in [0.29, 0.717) is 11.8 Å². The zero-order chi connectivity index (χ0) is 12.8. The molecule has 0 aromatic rings. The molecular weight excluding hydrogens is 216 g/mol. The lowest BCUT2D eigenvalue weighted by molar-refractivity contribution is -0.130. The highest BCUT2D eigenvalue weighted by Gasteiger charge is 2.22. The third kappa shape index (κ3) is 5.04. The van der Waals surface area contributed by atoms with Crippen molar-refractivity contribution in [2.24, 2.45) is 11.8 Å². The van der Waals surface area contributed by atoms with Crippen LogP contribution < -0.4 is 10.6 Å². The van der Waals surface area contributed by atoms with Gasteiger partial charge in [0.2, 0.25) is 5.91 Å². The van der Waals surface area contributed by atoms with E-state index in [1.165, 1.54) is 0 Å². The van der Waals surface area contributed by atoms with E-state index in [4.69, 9.17) is 4.74 Å². The Morgan fingerprint density at radius 2 is 2.18 bits per heavy atom. The van der Waals surface area contributed by atoms with Gasteiger partial charge in [0.25, 0.3) is 0 Å². The number of nitrogens with one attached hydrogen (secondary N) is 2. The lowest BCUT2D eigenvalue weighted by Crippen LogP contribution is -2.44. The van der Waals surface area contributed by atoms with Crippen LogP contribution in [0.5, 0.6) is 0 Å². The molecule has 1 rings (SSSR count). The molecule has 3 unspecified atom stereocenters. The molecule has 100 valence electrons. The largest absolute Gasteiger partial charge is 0.367 e. The van der Waals surface area contributed by atoms with Gasteiger partial charge in [-0.3, -0.25) is 4.79 Å². The van der Waals surface area contributed by atoms with E-state index in [1.54, 1.807) is 0 Å². The predicted octanol–water partition coefficient (Wildman–Crippen LogP) is 1.16. The fraction of sp³-hybridized carbons (Fsp3) is 0.923. The smallest absolute Gasteiger partial charge is 0.246 e. The van der Waals surface area contributed by atoms with Crippen LogP contribution in [0.1, 0.15) is 34.1 Å². The summed E-state index contributed by atoms with van der Waals surface area (Å²) in [5, 5.41) is 6.24. The molecule has 4 heteroatoms. The summed E-state index contributed by atoms with van der Waals surface area (Å²) in [5.41, 5.74) is 0. The highest BCUT2D eigenvalue weighted by molar-refractivity contribution is 5.77. The van der Waals surface area contributed by atoms with Crippen molar-refractivity contribution in [3.8, 4) is 0 Å². The molecule has 0 aromatic heterocycles. The van der Waals surface area contributed by atoms with Crippen LogP contribution in [0.15, 0.2) is 0 Å². The van der Waals surface area contributed by atoms with Crippen molar-refractivity contribution in [3.63, 3.8) is 0 Å². The molecule has 0 radical (unpaired) electrons. The third-order valence-electron chi connectivity index (χ3n) is 3.57. The molecule has 17 heavy (non-hydrogen) atoms. The molecule has 2 N–H and O–H groups in total. The normalized spacial score (nSPS) is 26.9. The van der Waals surface area contributed by atoms with Gasteiger partial charge in [0, 0.05) is 12.6 Å². The quantitative estimate of drug-likeness (QED) is 0.760. The Morgan fingerprint density at radius 1 is 1.47 bits per heavy atom. The Morgan fingerprint density at radius 3 is 2.76 bits per heavy atom. The number of carbonyl (C=O) groups excluding carboxylic acids is 1. The van der Waals surface area contributed by atoms with Gasteiger partial charge in [0.05, 0.1) is 6.10 Å². The number of amides is 1. The Hall–Kier alpha value is -0.610. The van der Waals surface area contributed by atoms with E-state index >= 15 is 0 Å². The number of ether oxygens (including phenoxy) is 1. The zero-order valence-electron chi connectivity index (χ0n) is 11.5. The molecular formula is C13H26N2O2. The summed E-state index contributed by atoms with van der Waals surface area (Å²) in [6.07, 6.45) is 1.29. The van der Waals surface area contributed by atoms with Crippen molar-refractivity contribution < 1.29 is 9.53 Å². The molecule has 1 fully saturated rings. The van der Waals surface area contributed by atoms with E-state index in [2.05, 4.69) is 31.4 Å². The number of hydrogen-bond acceptors (Lipinski definition) is 3. The molecule has 1 saturated heterocycles. The second-order valence-electron chi connectivity index (χ2n) is 5.42. The highest BCUT2D eigenvalue weighted by Crippen LogP contribution is 2.14. The van der Waals surface area contributed by atoms with Crippen molar-refractivity contribution in [2.75, 3.05) is 19.7 Å². The SMILES string of the molecule is CC(C)C(C)NC(=O)COC1CNCCC1C. The van der Waals surface area contributed by atoms with E-state index in [1.807, 2.05) is 6.92 Å². The van der Waals surface area contributed by atoms with Gasteiger partial charge in [0.15, 0.2) is 0 Å². The summed E-state index contributed by atoms with van der Waals surface area (Å²) in [6, 6.07) is 0.202. The van der Waals surface area contributed by atoms with Crippen molar-refractivity contribution in [3.05, 3.63) is 0 Å². The summed E-state index contributed by atoms with van der Waals surface area (Å²) in [7, 11) is 0. The first-order chi connectivity index (χ1) is 8.00. The average Bonchev–Trinajstić information content (AvgIpc) is 2.27. The van der Waals surface area contributed by atoms with Gasteiger partial charge < -0.3 is 15.4 Å². The molecule has 0 spiro atoms. The maximum Gasteiger partial charge on any atom is 0.246 e. The summed E-state index contributed by atoms with van der Waals surface area (Å²) in [6.45, 7) is 10.5. The number of piperidine rings is 1. The molecule has 0 saturated carbocycles. The number of carbonyl (C=O) groups is 1. The Balaban J connectivity index is 2.23. The maximum atomic E-state index is 11.7. The zero-order valence-corrected chi connectivity index (χ0v) is 11.5. The Kier molecular flexibility index (Phi) is 5.92. The van der Waals surface area contributed by atoms with Crippen LogP contribution in [-0.2, 0) is 9.53 Å². The first-order valence-corrected chi connectivity index (χ1v) is 6.62. The van der Waals surface area contributed by atoms with Crippen LogP contribution in [0.3, 0.4) is 0 Å². The van der Waals surface area contributed by atoms with Gasteiger partial charge in [0.1, 0.15) is 6.61 Å². The number of hydrogen-bond donors (Lipinski definition) is 2. The maximum absolute atomic E-state index is 11.7. The molecule has 1 amide bonds. The second-order valence-corrected chi connectivity index (χ2v) is 5.42. The summed E-state index contributed by atoms with van der Waals surface area (Å²) < 4.78 is 5.66. The fourth-order valence-corrected chi connectivity index (χ4v) is 1.83. The molecule has 0 bridgehead atoms. The summed E-state index contributed by atoms with van der Waals surface area (Å²) in [4.78, 5) is 11.7. The lowest BCUT2D eigenvalue weighted by Gasteiger charge is -2.29. The molecule has 4 nitrogen and oxygen atoms in total. The molecule has 1 heterocycles. The minimum absolute atomic E-state index is 0.0102. The monoisotopic (exact) mass is 242 g/mol. The molecule has 0 aliphatic carbocycles. The van der Waals surface area contributed by atoms with Crippen LogP contribution in [0.2, 0.25) is 0 Å². The van der Waals surface area contributed by atoms with Crippen molar-refractivity contribution >= 4 is 5.91 Å². The number of rotatable bonds is 5. The predicted molar refractivity (Wildman–Crippen MR) is 68.8 cm³/mol. The molecule has 1 aliphatic heterocycles.